The molecule has 0 saturated carbocycles. The summed E-state index contributed by atoms with van der Waals surface area (Å²) in [6.45, 7) is 2.62. The zero-order valence-electron chi connectivity index (χ0n) is 19.4. The molecule has 0 fully saturated rings. The number of benzene rings is 1. The second kappa shape index (κ2) is 10.9. The van der Waals surface area contributed by atoms with Crippen LogP contribution in [-0.4, -0.2) is 36.0 Å². The molecule has 1 N–H and O–H groups in total. The Balaban J connectivity index is 1.43. The number of ether oxygens (including phenoxy) is 1. The predicted octanol–water partition coefficient (Wildman–Crippen LogP) is 6.05. The topological polar surface area (TPSA) is 64.1 Å². The number of carbonyl (C=O) groups is 1. The van der Waals surface area contributed by atoms with Crippen LogP contribution in [0.3, 0.4) is 0 Å². The van der Waals surface area contributed by atoms with Crippen molar-refractivity contribution in [3.05, 3.63) is 58.0 Å². The number of Topliss-reactive ketones (excluding diaryl/α,β-unsaturated/α-hetero) is 1. The molecule has 0 unspecified atom stereocenters. The number of methoxy groups -OCH3 is 1. The standard InChI is InChI=1S/C27H29N3O2S2/c1-32-14-4-2-3-5-20(31)16-24-26(21-10-13-29-17-25(21)33-24)27-30-22-15-19(6-7-23(22)34-27)18-8-11-28-12-9-18/h6-9,11-12,15,29H,2-5,10,13-14,16-17H2,1H3. The van der Waals surface area contributed by atoms with Crippen LogP contribution in [-0.2, 0) is 28.9 Å². The van der Waals surface area contributed by atoms with Gasteiger partial charge in [-0.2, -0.15) is 0 Å². The van der Waals surface area contributed by atoms with E-state index in [1.165, 1.54) is 25.6 Å². The molecule has 3 aromatic heterocycles. The fourth-order valence-corrected chi connectivity index (χ4v) is 7.00. The molecule has 0 radical (unpaired) electrons. The number of hydrogen-bond donors (Lipinski definition) is 1. The molecule has 0 aliphatic carbocycles. The van der Waals surface area contributed by atoms with Gasteiger partial charge in [-0.1, -0.05) is 12.5 Å². The van der Waals surface area contributed by atoms with Gasteiger partial charge in [0, 0.05) is 60.8 Å². The van der Waals surface area contributed by atoms with Crippen LogP contribution >= 0.6 is 22.7 Å². The first-order chi connectivity index (χ1) is 16.7. The monoisotopic (exact) mass is 491 g/mol. The molecular weight excluding hydrogens is 462 g/mol. The van der Waals surface area contributed by atoms with Gasteiger partial charge in [0.25, 0.3) is 0 Å². The molecule has 0 saturated heterocycles. The van der Waals surface area contributed by atoms with Crippen molar-refractivity contribution in [3.8, 4) is 21.7 Å². The Bertz CT molecular complexity index is 1280. The molecule has 0 atom stereocenters. The molecule has 5 rings (SSSR count). The SMILES string of the molecule is COCCCCCC(=O)Cc1sc2c(c1-c1nc3cc(-c4ccncc4)ccc3s1)CCNC2. The van der Waals surface area contributed by atoms with Crippen molar-refractivity contribution in [2.45, 2.75) is 45.1 Å². The number of unbranched alkanes of at least 4 members (excludes halogenated alkanes) is 2. The zero-order chi connectivity index (χ0) is 23.3. The lowest BCUT2D eigenvalue weighted by atomic mass is 10.00. The Labute approximate surface area is 208 Å². The highest BCUT2D eigenvalue weighted by atomic mass is 32.1. The normalized spacial score (nSPS) is 13.3. The van der Waals surface area contributed by atoms with Crippen LogP contribution < -0.4 is 5.32 Å². The van der Waals surface area contributed by atoms with E-state index in [0.717, 1.165) is 67.0 Å². The summed E-state index contributed by atoms with van der Waals surface area (Å²) < 4.78 is 6.29. The summed E-state index contributed by atoms with van der Waals surface area (Å²) in [4.78, 5) is 24.6. The van der Waals surface area contributed by atoms with Crippen LogP contribution in [0.1, 0.15) is 41.0 Å². The molecule has 0 spiro atoms. The molecule has 7 heteroatoms. The number of nitrogens with zero attached hydrogens (tertiary/aromatic N) is 2. The van der Waals surface area contributed by atoms with Gasteiger partial charge < -0.3 is 10.1 Å². The number of fused-ring (bicyclic) bond motifs is 2. The summed E-state index contributed by atoms with van der Waals surface area (Å²) in [5.74, 6) is 0.325. The summed E-state index contributed by atoms with van der Waals surface area (Å²) in [6, 6.07) is 10.5. The van der Waals surface area contributed by atoms with Crippen molar-refractivity contribution in [2.75, 3.05) is 20.3 Å². The summed E-state index contributed by atoms with van der Waals surface area (Å²) in [6.07, 6.45) is 8.76. The first kappa shape index (κ1) is 23.3. The van der Waals surface area contributed by atoms with E-state index in [-0.39, 0.29) is 0 Å². The number of carbonyl (C=O) groups excluding carboxylic acids is 1. The van der Waals surface area contributed by atoms with Crippen molar-refractivity contribution in [2.24, 2.45) is 0 Å². The van der Waals surface area contributed by atoms with Gasteiger partial charge in [0.1, 0.15) is 10.8 Å². The van der Waals surface area contributed by atoms with Crippen LogP contribution in [0.25, 0.3) is 31.9 Å². The van der Waals surface area contributed by atoms with Crippen molar-refractivity contribution < 1.29 is 9.53 Å². The van der Waals surface area contributed by atoms with Gasteiger partial charge in [0.15, 0.2) is 0 Å². The summed E-state index contributed by atoms with van der Waals surface area (Å²) in [5, 5.41) is 4.53. The number of hydrogen-bond acceptors (Lipinski definition) is 7. The minimum absolute atomic E-state index is 0.325. The molecule has 1 aliphatic rings. The molecule has 1 aromatic carbocycles. The highest BCUT2D eigenvalue weighted by molar-refractivity contribution is 7.22. The average molecular weight is 492 g/mol. The molecule has 34 heavy (non-hydrogen) atoms. The van der Waals surface area contributed by atoms with E-state index < -0.39 is 0 Å². The van der Waals surface area contributed by atoms with E-state index in [1.807, 2.05) is 24.5 Å². The Morgan fingerprint density at radius 1 is 1.09 bits per heavy atom. The van der Waals surface area contributed by atoms with Crippen LogP contribution in [0, 0.1) is 0 Å². The highest BCUT2D eigenvalue weighted by Gasteiger charge is 2.25. The van der Waals surface area contributed by atoms with Gasteiger partial charge in [0.2, 0.25) is 0 Å². The molecular formula is C27H29N3O2S2. The molecule has 0 bridgehead atoms. The Kier molecular flexibility index (Phi) is 7.45. The third-order valence-corrected chi connectivity index (χ3v) is 8.56. The Morgan fingerprint density at radius 2 is 1.97 bits per heavy atom. The summed E-state index contributed by atoms with van der Waals surface area (Å²) >= 11 is 3.54. The lowest BCUT2D eigenvalue weighted by Gasteiger charge is -2.13. The Morgan fingerprint density at radius 3 is 2.82 bits per heavy atom. The lowest BCUT2D eigenvalue weighted by Crippen LogP contribution is -2.22. The van der Waals surface area contributed by atoms with E-state index >= 15 is 0 Å². The van der Waals surface area contributed by atoms with Gasteiger partial charge in [0.05, 0.1) is 10.2 Å². The predicted molar refractivity (Wildman–Crippen MR) is 141 cm³/mol. The van der Waals surface area contributed by atoms with E-state index in [2.05, 4.69) is 28.5 Å². The van der Waals surface area contributed by atoms with E-state index in [0.29, 0.717) is 18.6 Å². The Hall–Kier alpha value is -2.45. The molecule has 5 nitrogen and oxygen atoms in total. The summed E-state index contributed by atoms with van der Waals surface area (Å²) in [7, 11) is 1.72. The minimum Gasteiger partial charge on any atom is -0.385 e. The van der Waals surface area contributed by atoms with Crippen molar-refractivity contribution in [1.29, 1.82) is 0 Å². The van der Waals surface area contributed by atoms with Crippen LogP contribution in [0.4, 0.5) is 0 Å². The van der Waals surface area contributed by atoms with Crippen LogP contribution in [0.15, 0.2) is 42.7 Å². The highest BCUT2D eigenvalue weighted by Crippen LogP contribution is 2.42. The van der Waals surface area contributed by atoms with Crippen molar-refractivity contribution in [3.63, 3.8) is 0 Å². The second-order valence-corrected chi connectivity index (χ2v) is 10.9. The molecule has 176 valence electrons. The first-order valence-electron chi connectivity index (χ1n) is 11.9. The number of ketones is 1. The maximum Gasteiger partial charge on any atom is 0.138 e. The molecule has 4 heterocycles. The molecule has 0 amide bonds. The van der Waals surface area contributed by atoms with Gasteiger partial charge in [-0.05, 0) is 66.8 Å². The van der Waals surface area contributed by atoms with Gasteiger partial charge >= 0.3 is 0 Å². The van der Waals surface area contributed by atoms with Gasteiger partial charge in [-0.15, -0.1) is 22.7 Å². The van der Waals surface area contributed by atoms with Crippen molar-refractivity contribution in [1.82, 2.24) is 15.3 Å². The fourth-order valence-electron chi connectivity index (χ4n) is 4.54. The second-order valence-electron chi connectivity index (χ2n) is 8.69. The smallest absolute Gasteiger partial charge is 0.138 e. The number of thiazole rings is 1. The van der Waals surface area contributed by atoms with Crippen molar-refractivity contribution >= 4 is 38.7 Å². The zero-order valence-corrected chi connectivity index (χ0v) is 21.1. The van der Waals surface area contributed by atoms with Gasteiger partial charge in [-0.3, -0.25) is 9.78 Å². The number of nitrogens with one attached hydrogen (secondary N) is 1. The lowest BCUT2D eigenvalue weighted by molar-refractivity contribution is -0.118. The van der Waals surface area contributed by atoms with E-state index in [1.54, 1.807) is 29.8 Å². The van der Waals surface area contributed by atoms with E-state index in [9.17, 15) is 4.79 Å². The number of aromatic nitrogens is 2. The third-order valence-electron chi connectivity index (χ3n) is 6.28. The number of thiophene rings is 1. The van der Waals surface area contributed by atoms with Crippen LogP contribution in [0.5, 0.6) is 0 Å². The number of pyridine rings is 1. The third kappa shape index (κ3) is 5.13. The molecule has 1 aliphatic heterocycles. The van der Waals surface area contributed by atoms with Gasteiger partial charge in [-0.25, -0.2) is 4.98 Å². The maximum absolute atomic E-state index is 12.9. The van der Waals surface area contributed by atoms with Crippen LogP contribution in [0.2, 0.25) is 0 Å². The minimum atomic E-state index is 0.325. The maximum atomic E-state index is 12.9. The number of rotatable bonds is 10. The summed E-state index contributed by atoms with van der Waals surface area (Å²) in [5.41, 5.74) is 5.91. The average Bonchev–Trinajstić information content (AvgIpc) is 3.44. The largest absolute Gasteiger partial charge is 0.385 e. The van der Waals surface area contributed by atoms with E-state index in [4.69, 9.17) is 9.72 Å². The fraction of sp³-hybridized carbons (Fsp3) is 0.370. The quantitative estimate of drug-likeness (QED) is 0.274. The molecule has 4 aromatic rings. The first-order valence-corrected chi connectivity index (χ1v) is 13.5.